The van der Waals surface area contributed by atoms with Crippen LogP contribution in [0, 0.1) is 11.3 Å². The molecule has 1 heterocycles. The molecule has 0 aromatic heterocycles. The number of hydrogen-bond acceptors (Lipinski definition) is 3. The van der Waals surface area contributed by atoms with Crippen LogP contribution in [-0.2, 0) is 16.9 Å². The number of fused-ring (bicyclic) bond motifs is 1. The zero-order chi connectivity index (χ0) is 14.0. The number of hydrogen-bond donors (Lipinski definition) is 1. The summed E-state index contributed by atoms with van der Waals surface area (Å²) >= 11 is 3.41. The Labute approximate surface area is 126 Å². The molecule has 4 heteroatoms. The van der Waals surface area contributed by atoms with E-state index in [1.807, 2.05) is 48.5 Å². The maximum Gasteiger partial charge on any atom is 0.174 e. The molecule has 100 valence electrons. The lowest BCUT2D eigenvalue weighted by Gasteiger charge is -2.34. The first-order valence-corrected chi connectivity index (χ1v) is 7.14. The summed E-state index contributed by atoms with van der Waals surface area (Å²) in [5.74, 6) is 0. The van der Waals surface area contributed by atoms with E-state index in [0.29, 0.717) is 13.2 Å². The predicted octanol–water partition coefficient (Wildman–Crippen LogP) is 3.81. The third kappa shape index (κ3) is 2.31. The first-order valence-electron chi connectivity index (χ1n) is 6.35. The van der Waals surface area contributed by atoms with E-state index in [1.54, 1.807) is 0 Å². The summed E-state index contributed by atoms with van der Waals surface area (Å²) < 4.78 is 6.61. The van der Waals surface area contributed by atoms with Crippen LogP contribution in [0.15, 0.2) is 53.0 Å². The van der Waals surface area contributed by atoms with E-state index >= 15 is 0 Å². The van der Waals surface area contributed by atoms with Gasteiger partial charge in [-0.25, -0.2) is 0 Å². The summed E-state index contributed by atoms with van der Waals surface area (Å²) in [6.07, 6.45) is 0. The fraction of sp³-hybridized carbons (Fsp3) is 0.188. The maximum absolute atomic E-state index is 9.70. The third-order valence-corrected chi connectivity index (χ3v) is 3.97. The fourth-order valence-corrected chi connectivity index (χ4v) is 2.72. The van der Waals surface area contributed by atoms with Crippen molar-refractivity contribution in [2.45, 2.75) is 12.1 Å². The van der Waals surface area contributed by atoms with Gasteiger partial charge in [0.1, 0.15) is 0 Å². The molecule has 1 atom stereocenters. The van der Waals surface area contributed by atoms with E-state index in [9.17, 15) is 5.26 Å². The lowest BCUT2D eigenvalue weighted by molar-refractivity contribution is 0.0786. The largest absolute Gasteiger partial charge is 0.373 e. The van der Waals surface area contributed by atoms with Crippen molar-refractivity contribution < 1.29 is 4.74 Å². The monoisotopic (exact) mass is 328 g/mol. The minimum Gasteiger partial charge on any atom is -0.373 e. The van der Waals surface area contributed by atoms with Crippen molar-refractivity contribution in [3.8, 4) is 6.07 Å². The van der Waals surface area contributed by atoms with Gasteiger partial charge in [0.15, 0.2) is 5.54 Å². The Balaban J connectivity index is 2.01. The molecular formula is C16H13BrN2O. The number of anilines is 1. The minimum absolute atomic E-state index is 0.344. The number of benzene rings is 2. The zero-order valence-electron chi connectivity index (χ0n) is 10.8. The molecule has 3 nitrogen and oxygen atoms in total. The average Bonchev–Trinajstić information content (AvgIpc) is 2.50. The number of ether oxygens (including phenoxy) is 1. The quantitative estimate of drug-likeness (QED) is 0.911. The van der Waals surface area contributed by atoms with Gasteiger partial charge in [0.2, 0.25) is 0 Å². The summed E-state index contributed by atoms with van der Waals surface area (Å²) in [5, 5.41) is 13.0. The number of rotatable bonds is 2. The van der Waals surface area contributed by atoms with Gasteiger partial charge in [0.25, 0.3) is 0 Å². The van der Waals surface area contributed by atoms with Crippen LogP contribution in [0.25, 0.3) is 0 Å². The van der Waals surface area contributed by atoms with Gasteiger partial charge in [-0.1, -0.05) is 40.2 Å². The molecule has 0 spiro atoms. The van der Waals surface area contributed by atoms with Crippen LogP contribution >= 0.6 is 15.9 Å². The number of nitrogens with zero attached hydrogens (tertiary/aromatic N) is 1. The summed E-state index contributed by atoms with van der Waals surface area (Å²) in [7, 11) is 0. The van der Waals surface area contributed by atoms with Crippen molar-refractivity contribution in [2.75, 3.05) is 11.9 Å². The van der Waals surface area contributed by atoms with Crippen LogP contribution < -0.4 is 5.32 Å². The fourth-order valence-electron chi connectivity index (χ4n) is 2.46. The Hall–Kier alpha value is -1.83. The second kappa shape index (κ2) is 5.28. The molecule has 2 aromatic rings. The minimum atomic E-state index is -0.831. The molecule has 1 aliphatic heterocycles. The molecule has 1 unspecified atom stereocenters. The molecule has 0 saturated heterocycles. The normalized spacial score (nSPS) is 20.8. The molecule has 2 aromatic carbocycles. The van der Waals surface area contributed by atoms with Crippen LogP contribution in [0.5, 0.6) is 0 Å². The number of nitriles is 1. The Bertz CT molecular complexity index is 663. The van der Waals surface area contributed by atoms with E-state index in [0.717, 1.165) is 21.3 Å². The summed E-state index contributed by atoms with van der Waals surface area (Å²) in [6, 6.07) is 18.1. The highest BCUT2D eigenvalue weighted by atomic mass is 79.9. The van der Waals surface area contributed by atoms with Gasteiger partial charge in [0.05, 0.1) is 19.3 Å². The maximum atomic E-state index is 9.70. The Morgan fingerprint density at radius 2 is 1.90 bits per heavy atom. The SMILES string of the molecule is N#CC1(Nc2ccc(Br)cc2)COCc2ccccc21. The first-order chi connectivity index (χ1) is 9.73. The topological polar surface area (TPSA) is 45.0 Å². The standard InChI is InChI=1S/C16H13BrN2O/c17-13-5-7-14(8-6-13)19-16(10-18)11-20-9-12-3-1-2-4-15(12)16/h1-8,19H,9,11H2. The van der Waals surface area contributed by atoms with Gasteiger partial charge < -0.3 is 10.1 Å². The number of halogens is 1. The average molecular weight is 329 g/mol. The van der Waals surface area contributed by atoms with Crippen LogP contribution in [0.1, 0.15) is 11.1 Å². The van der Waals surface area contributed by atoms with Crippen molar-refractivity contribution in [3.63, 3.8) is 0 Å². The van der Waals surface area contributed by atoms with Crippen molar-refractivity contribution in [1.82, 2.24) is 0 Å². The first kappa shape index (κ1) is 13.2. The third-order valence-electron chi connectivity index (χ3n) is 3.45. The molecule has 0 aliphatic carbocycles. The van der Waals surface area contributed by atoms with Crippen LogP contribution in [0.3, 0.4) is 0 Å². The van der Waals surface area contributed by atoms with E-state index in [4.69, 9.17) is 4.74 Å². The van der Waals surface area contributed by atoms with Crippen molar-refractivity contribution in [1.29, 1.82) is 5.26 Å². The van der Waals surface area contributed by atoms with E-state index < -0.39 is 5.54 Å². The second-order valence-corrected chi connectivity index (χ2v) is 5.71. The molecule has 0 amide bonds. The molecule has 1 aliphatic rings. The van der Waals surface area contributed by atoms with Gasteiger partial charge >= 0.3 is 0 Å². The van der Waals surface area contributed by atoms with Crippen molar-refractivity contribution in [2.24, 2.45) is 0 Å². The molecule has 0 radical (unpaired) electrons. The van der Waals surface area contributed by atoms with Crippen LogP contribution in [0.4, 0.5) is 5.69 Å². The molecule has 1 N–H and O–H groups in total. The Morgan fingerprint density at radius 1 is 1.15 bits per heavy atom. The van der Waals surface area contributed by atoms with E-state index in [-0.39, 0.29) is 0 Å². The number of nitrogens with one attached hydrogen (secondary N) is 1. The highest BCUT2D eigenvalue weighted by Gasteiger charge is 2.37. The Kier molecular flexibility index (Phi) is 3.47. The molecular weight excluding hydrogens is 316 g/mol. The van der Waals surface area contributed by atoms with E-state index in [1.165, 1.54) is 0 Å². The van der Waals surface area contributed by atoms with Gasteiger partial charge in [-0.3, -0.25) is 0 Å². The molecule has 0 saturated carbocycles. The molecule has 20 heavy (non-hydrogen) atoms. The second-order valence-electron chi connectivity index (χ2n) is 4.80. The summed E-state index contributed by atoms with van der Waals surface area (Å²) in [6.45, 7) is 0.901. The predicted molar refractivity (Wildman–Crippen MR) is 81.2 cm³/mol. The highest BCUT2D eigenvalue weighted by Crippen LogP contribution is 2.33. The molecule has 3 rings (SSSR count). The van der Waals surface area contributed by atoms with Crippen LogP contribution in [0.2, 0.25) is 0 Å². The van der Waals surface area contributed by atoms with Crippen LogP contribution in [-0.4, -0.2) is 6.61 Å². The molecule has 0 bridgehead atoms. The zero-order valence-corrected chi connectivity index (χ0v) is 12.4. The van der Waals surface area contributed by atoms with Crippen molar-refractivity contribution in [3.05, 3.63) is 64.1 Å². The summed E-state index contributed by atoms with van der Waals surface area (Å²) in [4.78, 5) is 0. The van der Waals surface area contributed by atoms with Gasteiger partial charge in [0, 0.05) is 10.2 Å². The van der Waals surface area contributed by atoms with Gasteiger partial charge in [-0.05, 0) is 35.4 Å². The lowest BCUT2D eigenvalue weighted by atomic mass is 9.86. The van der Waals surface area contributed by atoms with Gasteiger partial charge in [-0.15, -0.1) is 0 Å². The van der Waals surface area contributed by atoms with Crippen molar-refractivity contribution >= 4 is 21.6 Å². The summed E-state index contributed by atoms with van der Waals surface area (Å²) in [5.41, 5.74) is 2.12. The lowest BCUT2D eigenvalue weighted by Crippen LogP contribution is -2.42. The van der Waals surface area contributed by atoms with E-state index in [2.05, 4.69) is 27.3 Å². The van der Waals surface area contributed by atoms with Gasteiger partial charge in [-0.2, -0.15) is 5.26 Å². The molecule has 0 fully saturated rings. The highest BCUT2D eigenvalue weighted by molar-refractivity contribution is 9.10. The Morgan fingerprint density at radius 3 is 2.65 bits per heavy atom. The smallest absolute Gasteiger partial charge is 0.174 e.